The Balaban J connectivity index is 1.67. The molecule has 0 unspecified atom stereocenters. The highest BCUT2D eigenvalue weighted by atomic mass is 32.2. The maximum atomic E-state index is 12.7. The van der Waals surface area contributed by atoms with E-state index < -0.39 is 0 Å². The van der Waals surface area contributed by atoms with Crippen LogP contribution in [0.3, 0.4) is 0 Å². The zero-order valence-corrected chi connectivity index (χ0v) is 18.0. The van der Waals surface area contributed by atoms with Crippen LogP contribution in [0.5, 0.6) is 0 Å². The van der Waals surface area contributed by atoms with Gasteiger partial charge in [0.15, 0.2) is 0 Å². The molecule has 0 aromatic heterocycles. The van der Waals surface area contributed by atoms with Gasteiger partial charge in [0.05, 0.1) is 0 Å². The number of aryl methyl sites for hydroxylation is 1. The Morgan fingerprint density at radius 1 is 1.24 bits per heavy atom. The third-order valence-electron chi connectivity index (χ3n) is 5.17. The highest BCUT2D eigenvalue weighted by Gasteiger charge is 2.19. The lowest BCUT2D eigenvalue weighted by Crippen LogP contribution is -2.33. The summed E-state index contributed by atoms with van der Waals surface area (Å²) in [6, 6.07) is 14.3. The van der Waals surface area contributed by atoms with Gasteiger partial charge in [0.25, 0.3) is 5.91 Å². The van der Waals surface area contributed by atoms with Gasteiger partial charge in [-0.2, -0.15) is 0 Å². The van der Waals surface area contributed by atoms with Gasteiger partial charge in [-0.15, -0.1) is 11.8 Å². The van der Waals surface area contributed by atoms with Gasteiger partial charge >= 0.3 is 0 Å². The molecule has 0 spiro atoms. The number of carbonyl (C=O) groups is 1. The van der Waals surface area contributed by atoms with E-state index in [1.807, 2.05) is 25.4 Å². The summed E-state index contributed by atoms with van der Waals surface area (Å²) in [4.78, 5) is 16.2. The maximum absolute atomic E-state index is 12.7. The van der Waals surface area contributed by atoms with E-state index >= 15 is 0 Å². The standard InChI is InChI=1S/C23H30N4OS/c1-25-14-18(13-24)16-27-11-3-4-19-12-20(7-10-22(19)27)23(28)26-15-17-5-8-21(29-2)9-6-17/h5-10,12,14,25H,3-4,11,13,15-16,24H2,1-2H3,(H,26,28)/b18-14+. The normalized spacial score (nSPS) is 13.8. The Morgan fingerprint density at radius 2 is 2.03 bits per heavy atom. The number of rotatable bonds is 8. The first-order chi connectivity index (χ1) is 14.1. The molecule has 4 N–H and O–H groups in total. The second-order valence-electron chi connectivity index (χ2n) is 7.19. The Bertz CT molecular complexity index is 864. The van der Waals surface area contributed by atoms with Crippen LogP contribution in [0.15, 0.2) is 59.1 Å². The van der Waals surface area contributed by atoms with Crippen molar-refractivity contribution in [2.75, 3.05) is 37.8 Å². The fraction of sp³-hybridized carbons (Fsp3) is 0.348. The lowest BCUT2D eigenvalue weighted by Gasteiger charge is -2.32. The number of anilines is 1. The van der Waals surface area contributed by atoms with Crippen LogP contribution in [0.25, 0.3) is 0 Å². The number of carbonyl (C=O) groups excluding carboxylic acids is 1. The van der Waals surface area contributed by atoms with Gasteiger partial charge < -0.3 is 21.3 Å². The SMILES string of the molecule is CN/C=C(\CN)CN1CCCc2cc(C(=O)NCc3ccc(SC)cc3)ccc21. The summed E-state index contributed by atoms with van der Waals surface area (Å²) in [5.74, 6) is -0.0309. The number of benzene rings is 2. The van der Waals surface area contributed by atoms with Crippen molar-refractivity contribution >= 4 is 23.4 Å². The second kappa shape index (κ2) is 10.4. The van der Waals surface area contributed by atoms with E-state index in [2.05, 4.69) is 52.1 Å². The topological polar surface area (TPSA) is 70.4 Å². The van der Waals surface area contributed by atoms with Crippen LogP contribution in [0.4, 0.5) is 5.69 Å². The first-order valence-electron chi connectivity index (χ1n) is 9.99. The number of nitrogens with one attached hydrogen (secondary N) is 2. The van der Waals surface area contributed by atoms with Gasteiger partial charge in [-0.25, -0.2) is 0 Å². The highest BCUT2D eigenvalue weighted by Crippen LogP contribution is 2.28. The van der Waals surface area contributed by atoms with Crippen molar-refractivity contribution in [1.29, 1.82) is 0 Å². The van der Waals surface area contributed by atoms with Crippen LogP contribution in [0.1, 0.15) is 27.9 Å². The van der Waals surface area contributed by atoms with Gasteiger partial charge in [0, 0.05) is 49.4 Å². The summed E-state index contributed by atoms with van der Waals surface area (Å²) in [6.45, 7) is 2.88. The molecule has 1 amide bonds. The minimum absolute atomic E-state index is 0.0309. The number of thioether (sulfide) groups is 1. The molecule has 5 nitrogen and oxygen atoms in total. The van der Waals surface area contributed by atoms with E-state index in [0.29, 0.717) is 13.1 Å². The van der Waals surface area contributed by atoms with Crippen LogP contribution in [-0.2, 0) is 13.0 Å². The van der Waals surface area contributed by atoms with E-state index in [0.717, 1.165) is 42.6 Å². The molecule has 6 heteroatoms. The monoisotopic (exact) mass is 410 g/mol. The van der Waals surface area contributed by atoms with Crippen LogP contribution in [-0.4, -0.2) is 38.8 Å². The summed E-state index contributed by atoms with van der Waals surface area (Å²) >= 11 is 1.71. The Labute approximate surface area is 177 Å². The molecule has 0 radical (unpaired) electrons. The Morgan fingerprint density at radius 3 is 2.72 bits per heavy atom. The van der Waals surface area contributed by atoms with Crippen LogP contribution < -0.4 is 21.3 Å². The molecule has 3 rings (SSSR count). The van der Waals surface area contributed by atoms with E-state index in [-0.39, 0.29) is 5.91 Å². The highest BCUT2D eigenvalue weighted by molar-refractivity contribution is 7.98. The molecule has 0 fully saturated rings. The molecule has 0 atom stereocenters. The molecule has 0 saturated carbocycles. The minimum atomic E-state index is -0.0309. The van der Waals surface area contributed by atoms with Crippen molar-refractivity contribution in [1.82, 2.24) is 10.6 Å². The van der Waals surface area contributed by atoms with Crippen molar-refractivity contribution in [3.8, 4) is 0 Å². The first kappa shape index (κ1) is 21.3. The molecule has 2 aromatic rings. The largest absolute Gasteiger partial charge is 0.394 e. The van der Waals surface area contributed by atoms with Crippen molar-refractivity contribution in [2.45, 2.75) is 24.3 Å². The van der Waals surface area contributed by atoms with Crippen LogP contribution in [0, 0.1) is 0 Å². The third kappa shape index (κ3) is 5.55. The smallest absolute Gasteiger partial charge is 0.251 e. The molecule has 2 aromatic carbocycles. The average molecular weight is 411 g/mol. The summed E-state index contributed by atoms with van der Waals surface area (Å²) in [5.41, 5.74) is 11.3. The fourth-order valence-corrected chi connectivity index (χ4v) is 4.03. The molecular formula is C23H30N4OS. The minimum Gasteiger partial charge on any atom is -0.394 e. The molecule has 1 aliphatic heterocycles. The summed E-state index contributed by atoms with van der Waals surface area (Å²) < 4.78 is 0. The van der Waals surface area contributed by atoms with Crippen molar-refractivity contribution in [2.24, 2.45) is 5.73 Å². The molecule has 1 heterocycles. The molecule has 29 heavy (non-hydrogen) atoms. The summed E-state index contributed by atoms with van der Waals surface area (Å²) in [6.07, 6.45) is 6.11. The van der Waals surface area contributed by atoms with Crippen LogP contribution in [0.2, 0.25) is 0 Å². The lowest BCUT2D eigenvalue weighted by molar-refractivity contribution is 0.0951. The predicted octanol–water partition coefficient (Wildman–Crippen LogP) is 3.15. The quantitative estimate of drug-likeness (QED) is 0.583. The first-order valence-corrected chi connectivity index (χ1v) is 11.2. The summed E-state index contributed by atoms with van der Waals surface area (Å²) in [7, 11) is 1.89. The van der Waals surface area contributed by atoms with E-state index in [1.54, 1.807) is 11.8 Å². The van der Waals surface area contributed by atoms with E-state index in [4.69, 9.17) is 5.73 Å². The zero-order valence-electron chi connectivity index (χ0n) is 17.2. The van der Waals surface area contributed by atoms with E-state index in [1.165, 1.54) is 16.1 Å². The average Bonchev–Trinajstić information content (AvgIpc) is 2.77. The molecule has 1 aliphatic rings. The van der Waals surface area contributed by atoms with Crippen LogP contribution >= 0.6 is 11.8 Å². The molecule has 154 valence electrons. The fourth-order valence-electron chi connectivity index (χ4n) is 3.63. The molecule has 0 saturated heterocycles. The predicted molar refractivity (Wildman–Crippen MR) is 123 cm³/mol. The zero-order chi connectivity index (χ0) is 20.6. The third-order valence-corrected chi connectivity index (χ3v) is 5.92. The Kier molecular flexibility index (Phi) is 7.61. The van der Waals surface area contributed by atoms with Crippen molar-refractivity contribution in [3.63, 3.8) is 0 Å². The molecule has 0 aliphatic carbocycles. The summed E-state index contributed by atoms with van der Waals surface area (Å²) in [5, 5.41) is 6.10. The molecular weight excluding hydrogens is 380 g/mol. The molecule has 0 bridgehead atoms. The number of amides is 1. The number of nitrogens with zero attached hydrogens (tertiary/aromatic N) is 1. The van der Waals surface area contributed by atoms with E-state index in [9.17, 15) is 4.79 Å². The van der Waals surface area contributed by atoms with Gasteiger partial charge in [-0.05, 0) is 72.3 Å². The van der Waals surface area contributed by atoms with Gasteiger partial charge in [-0.1, -0.05) is 12.1 Å². The second-order valence-corrected chi connectivity index (χ2v) is 8.07. The number of hydrogen-bond donors (Lipinski definition) is 3. The Hall–Kier alpha value is -2.44. The number of fused-ring (bicyclic) bond motifs is 1. The maximum Gasteiger partial charge on any atom is 0.251 e. The van der Waals surface area contributed by atoms with Crippen molar-refractivity contribution in [3.05, 3.63) is 70.9 Å². The lowest BCUT2D eigenvalue weighted by atomic mass is 9.98. The van der Waals surface area contributed by atoms with Crippen molar-refractivity contribution < 1.29 is 4.79 Å². The van der Waals surface area contributed by atoms with Gasteiger partial charge in [0.1, 0.15) is 0 Å². The van der Waals surface area contributed by atoms with Gasteiger partial charge in [-0.3, -0.25) is 4.79 Å². The van der Waals surface area contributed by atoms with Gasteiger partial charge in [0.2, 0.25) is 0 Å². The number of hydrogen-bond acceptors (Lipinski definition) is 5. The number of nitrogens with two attached hydrogens (primary N) is 1.